The first-order valence-corrected chi connectivity index (χ1v) is 8.24. The first-order chi connectivity index (χ1) is 9.31. The molecule has 2 fully saturated rings. The van der Waals surface area contributed by atoms with Gasteiger partial charge in [-0.15, -0.1) is 11.3 Å². The molecule has 2 aromatic rings. The van der Waals surface area contributed by atoms with Gasteiger partial charge in [-0.2, -0.15) is 0 Å². The van der Waals surface area contributed by atoms with E-state index in [0.29, 0.717) is 0 Å². The minimum atomic E-state index is 0.718. The summed E-state index contributed by atoms with van der Waals surface area (Å²) >= 11 is 1.90. The summed E-state index contributed by atoms with van der Waals surface area (Å²) in [5, 5.41) is 1.37. The van der Waals surface area contributed by atoms with Crippen LogP contribution in [0.15, 0.2) is 24.3 Å². The number of likely N-dealkylation sites (tertiary alicyclic amines) is 1. The number of para-hydroxylation sites is 1. The quantitative estimate of drug-likeness (QED) is 0.820. The molecule has 0 amide bonds. The van der Waals surface area contributed by atoms with Crippen LogP contribution in [-0.4, -0.2) is 28.5 Å². The number of nitrogens with zero attached hydrogens (tertiary/aromatic N) is 2. The molecule has 1 aromatic heterocycles. The van der Waals surface area contributed by atoms with E-state index in [1.54, 1.807) is 0 Å². The first kappa shape index (κ1) is 11.9. The molecule has 1 saturated heterocycles. The number of thiazole rings is 1. The lowest BCUT2D eigenvalue weighted by molar-refractivity contribution is 0.103. The van der Waals surface area contributed by atoms with E-state index < -0.39 is 0 Å². The lowest BCUT2D eigenvalue weighted by atomic mass is 9.79. The van der Waals surface area contributed by atoms with Gasteiger partial charge in [-0.1, -0.05) is 12.1 Å². The lowest BCUT2D eigenvalue weighted by Gasteiger charge is -2.42. The van der Waals surface area contributed by atoms with Gasteiger partial charge in [0.1, 0.15) is 0 Å². The van der Waals surface area contributed by atoms with E-state index in [1.165, 1.54) is 47.5 Å². The fourth-order valence-electron chi connectivity index (χ4n) is 3.62. The summed E-state index contributed by atoms with van der Waals surface area (Å²) < 4.78 is 1.34. The largest absolute Gasteiger partial charge is 0.298 e. The van der Waals surface area contributed by atoms with Crippen LogP contribution < -0.4 is 0 Å². The van der Waals surface area contributed by atoms with E-state index >= 15 is 0 Å². The monoisotopic (exact) mass is 272 g/mol. The summed E-state index contributed by atoms with van der Waals surface area (Å²) in [6.07, 6.45) is 5.43. The molecule has 1 saturated carbocycles. The number of aromatic nitrogens is 1. The summed E-state index contributed by atoms with van der Waals surface area (Å²) in [6.45, 7) is 3.70. The number of benzene rings is 1. The Kier molecular flexibility index (Phi) is 2.85. The van der Waals surface area contributed by atoms with Gasteiger partial charge in [-0.3, -0.25) is 4.90 Å². The third-order valence-electron chi connectivity index (χ3n) is 4.85. The third-order valence-corrected chi connectivity index (χ3v) is 6.05. The van der Waals surface area contributed by atoms with Crippen molar-refractivity contribution in [3.63, 3.8) is 0 Å². The average molecular weight is 272 g/mol. The van der Waals surface area contributed by atoms with Crippen molar-refractivity contribution in [2.45, 2.75) is 50.6 Å². The molecule has 3 heteroatoms. The standard InChI is InChI=1S/C16H20N2S/c1-11-5-4-8-18(11)13-9-12(10-13)16-17-14-6-2-3-7-15(14)19-16/h2-3,6-7,11-13H,4-5,8-10H2,1H3. The van der Waals surface area contributed by atoms with Gasteiger partial charge in [0.15, 0.2) is 0 Å². The zero-order chi connectivity index (χ0) is 12.8. The Balaban J connectivity index is 1.47. The topological polar surface area (TPSA) is 16.1 Å². The summed E-state index contributed by atoms with van der Waals surface area (Å²) in [4.78, 5) is 7.54. The fourth-order valence-corrected chi connectivity index (χ4v) is 4.72. The Morgan fingerprint density at radius 2 is 2.11 bits per heavy atom. The van der Waals surface area contributed by atoms with E-state index in [1.807, 2.05) is 11.3 Å². The van der Waals surface area contributed by atoms with Gasteiger partial charge >= 0.3 is 0 Å². The molecule has 4 rings (SSSR count). The lowest BCUT2D eigenvalue weighted by Crippen LogP contribution is -2.45. The van der Waals surface area contributed by atoms with Gasteiger partial charge in [-0.05, 0) is 51.3 Å². The number of rotatable bonds is 2. The molecule has 0 radical (unpaired) electrons. The second-order valence-electron chi connectivity index (χ2n) is 6.07. The smallest absolute Gasteiger partial charge is 0.0970 e. The number of hydrogen-bond donors (Lipinski definition) is 0. The van der Waals surface area contributed by atoms with Gasteiger partial charge in [0.2, 0.25) is 0 Å². The highest BCUT2D eigenvalue weighted by Crippen LogP contribution is 2.44. The Hall–Kier alpha value is -0.930. The van der Waals surface area contributed by atoms with Crippen LogP contribution in [-0.2, 0) is 0 Å². The molecule has 0 N–H and O–H groups in total. The molecule has 1 aliphatic carbocycles. The zero-order valence-corrected chi connectivity index (χ0v) is 12.2. The maximum Gasteiger partial charge on any atom is 0.0970 e. The number of fused-ring (bicyclic) bond motifs is 1. The molecule has 2 aliphatic rings. The second kappa shape index (κ2) is 4.57. The van der Waals surface area contributed by atoms with E-state index in [4.69, 9.17) is 4.98 Å². The summed E-state index contributed by atoms with van der Waals surface area (Å²) in [7, 11) is 0. The Morgan fingerprint density at radius 1 is 1.26 bits per heavy atom. The minimum absolute atomic E-state index is 0.718. The third kappa shape index (κ3) is 2.00. The zero-order valence-electron chi connectivity index (χ0n) is 11.4. The van der Waals surface area contributed by atoms with Crippen molar-refractivity contribution in [1.29, 1.82) is 0 Å². The van der Waals surface area contributed by atoms with Crippen molar-refractivity contribution in [3.05, 3.63) is 29.3 Å². The normalized spacial score (nSPS) is 31.7. The van der Waals surface area contributed by atoms with E-state index in [9.17, 15) is 0 Å². The van der Waals surface area contributed by atoms with Crippen LogP contribution in [0.4, 0.5) is 0 Å². The van der Waals surface area contributed by atoms with Crippen LogP contribution in [0.1, 0.15) is 43.5 Å². The highest BCUT2D eigenvalue weighted by atomic mass is 32.1. The highest BCUT2D eigenvalue weighted by Gasteiger charge is 2.39. The van der Waals surface area contributed by atoms with Crippen LogP contribution in [0.2, 0.25) is 0 Å². The van der Waals surface area contributed by atoms with Crippen LogP contribution in [0.25, 0.3) is 10.2 Å². The van der Waals surface area contributed by atoms with Crippen LogP contribution >= 0.6 is 11.3 Å². The summed E-state index contributed by atoms with van der Waals surface area (Å²) in [6, 6.07) is 10.2. The van der Waals surface area contributed by atoms with Gasteiger partial charge in [0.25, 0.3) is 0 Å². The molecular formula is C16H20N2S. The van der Waals surface area contributed by atoms with Crippen molar-refractivity contribution in [3.8, 4) is 0 Å². The van der Waals surface area contributed by atoms with Crippen molar-refractivity contribution >= 4 is 21.6 Å². The molecule has 1 atom stereocenters. The second-order valence-corrected chi connectivity index (χ2v) is 7.13. The van der Waals surface area contributed by atoms with Crippen molar-refractivity contribution in [1.82, 2.24) is 9.88 Å². The minimum Gasteiger partial charge on any atom is -0.298 e. The predicted octanol–water partition coefficient (Wildman–Crippen LogP) is 4.03. The molecule has 0 spiro atoms. The van der Waals surface area contributed by atoms with E-state index in [0.717, 1.165) is 18.0 Å². The number of hydrogen-bond acceptors (Lipinski definition) is 3. The molecule has 1 aromatic carbocycles. The maximum atomic E-state index is 4.81. The average Bonchev–Trinajstić information content (AvgIpc) is 2.94. The van der Waals surface area contributed by atoms with E-state index in [-0.39, 0.29) is 0 Å². The van der Waals surface area contributed by atoms with Crippen LogP contribution in [0, 0.1) is 0 Å². The Morgan fingerprint density at radius 3 is 2.84 bits per heavy atom. The molecule has 2 heterocycles. The SMILES string of the molecule is CC1CCCN1C1CC(c2nc3ccccc3s2)C1. The van der Waals surface area contributed by atoms with Crippen molar-refractivity contribution in [2.24, 2.45) is 0 Å². The van der Waals surface area contributed by atoms with Gasteiger partial charge < -0.3 is 0 Å². The van der Waals surface area contributed by atoms with Crippen LogP contribution in [0.5, 0.6) is 0 Å². The molecule has 1 aliphatic heterocycles. The molecule has 100 valence electrons. The highest BCUT2D eigenvalue weighted by molar-refractivity contribution is 7.18. The van der Waals surface area contributed by atoms with E-state index in [2.05, 4.69) is 36.1 Å². The molecule has 19 heavy (non-hydrogen) atoms. The predicted molar refractivity (Wildman–Crippen MR) is 80.8 cm³/mol. The van der Waals surface area contributed by atoms with Gasteiger partial charge in [0, 0.05) is 18.0 Å². The van der Waals surface area contributed by atoms with Gasteiger partial charge in [0.05, 0.1) is 15.2 Å². The van der Waals surface area contributed by atoms with Crippen LogP contribution in [0.3, 0.4) is 0 Å². The van der Waals surface area contributed by atoms with Gasteiger partial charge in [-0.25, -0.2) is 4.98 Å². The molecule has 0 bridgehead atoms. The van der Waals surface area contributed by atoms with Crippen molar-refractivity contribution < 1.29 is 0 Å². The van der Waals surface area contributed by atoms with Crippen molar-refractivity contribution in [2.75, 3.05) is 6.54 Å². The summed E-state index contributed by atoms with van der Waals surface area (Å²) in [5.41, 5.74) is 1.18. The summed E-state index contributed by atoms with van der Waals surface area (Å²) in [5.74, 6) is 0.718. The molecule has 2 nitrogen and oxygen atoms in total. The Bertz CT molecular complexity index is 552. The molecule has 1 unspecified atom stereocenters. The molecular weight excluding hydrogens is 252 g/mol. The first-order valence-electron chi connectivity index (χ1n) is 7.42. The Labute approximate surface area is 118 Å². The maximum absolute atomic E-state index is 4.81. The fraction of sp³-hybridized carbons (Fsp3) is 0.562.